The Balaban J connectivity index is 2.20. The first-order valence-corrected chi connectivity index (χ1v) is 9.52. The number of nitrogens with zero attached hydrogens (tertiary/aromatic N) is 1. The molecule has 7 heteroatoms. The first-order valence-electron chi connectivity index (χ1n) is 9.52. The normalized spacial score (nSPS) is 10.7. The molecule has 0 saturated heterocycles. The van der Waals surface area contributed by atoms with Gasteiger partial charge in [0, 0.05) is 11.8 Å². The second-order valence-electron chi connectivity index (χ2n) is 6.31. The summed E-state index contributed by atoms with van der Waals surface area (Å²) in [4.78, 5) is 12.6. The Kier molecular flexibility index (Phi) is 8.57. The maximum absolute atomic E-state index is 12.6. The van der Waals surface area contributed by atoms with Crippen molar-refractivity contribution < 1.29 is 23.7 Å². The predicted molar refractivity (Wildman–Crippen MR) is 115 cm³/mol. The minimum atomic E-state index is -0.535. The molecule has 2 aromatic rings. The third kappa shape index (κ3) is 5.92. The lowest BCUT2D eigenvalue weighted by molar-refractivity contribution is -0.112. The summed E-state index contributed by atoms with van der Waals surface area (Å²) in [5.41, 5.74) is 1.08. The fourth-order valence-electron chi connectivity index (χ4n) is 2.65. The van der Waals surface area contributed by atoms with Crippen molar-refractivity contribution in [2.24, 2.45) is 0 Å². The summed E-state index contributed by atoms with van der Waals surface area (Å²) in [6.45, 7) is 2.68. The monoisotopic (exact) mass is 410 g/mol. The lowest BCUT2D eigenvalue weighted by Crippen LogP contribution is -2.13. The number of carbonyl (C=O) groups is 1. The van der Waals surface area contributed by atoms with E-state index in [9.17, 15) is 10.1 Å². The SMILES string of the molecule is CCCCOc1ccc(/C=C(\C#N)C(=O)Nc2ccc(OC)c(OC)c2)cc1OC. The van der Waals surface area contributed by atoms with Crippen LogP contribution in [0.25, 0.3) is 6.08 Å². The third-order valence-corrected chi connectivity index (χ3v) is 4.26. The average molecular weight is 410 g/mol. The van der Waals surface area contributed by atoms with Gasteiger partial charge >= 0.3 is 0 Å². The minimum absolute atomic E-state index is 0.0495. The van der Waals surface area contributed by atoms with Crippen molar-refractivity contribution in [3.63, 3.8) is 0 Å². The molecule has 0 saturated carbocycles. The predicted octanol–water partition coefficient (Wildman–Crippen LogP) is 4.44. The van der Waals surface area contributed by atoms with Crippen molar-refractivity contribution in [2.45, 2.75) is 19.8 Å². The molecule has 2 aromatic carbocycles. The van der Waals surface area contributed by atoms with E-state index in [0.717, 1.165) is 12.8 Å². The number of hydrogen-bond donors (Lipinski definition) is 1. The highest BCUT2D eigenvalue weighted by Gasteiger charge is 2.13. The second kappa shape index (κ2) is 11.4. The quantitative estimate of drug-likeness (QED) is 0.354. The number of anilines is 1. The van der Waals surface area contributed by atoms with E-state index in [1.54, 1.807) is 43.5 Å². The molecule has 0 bridgehead atoms. The Bertz CT molecular complexity index is 947. The highest BCUT2D eigenvalue weighted by atomic mass is 16.5. The molecule has 0 radical (unpaired) electrons. The molecule has 1 amide bonds. The van der Waals surface area contributed by atoms with Crippen LogP contribution in [0.2, 0.25) is 0 Å². The molecule has 7 nitrogen and oxygen atoms in total. The molecule has 0 aromatic heterocycles. The second-order valence-corrected chi connectivity index (χ2v) is 6.31. The Morgan fingerprint density at radius 1 is 1.00 bits per heavy atom. The number of methoxy groups -OCH3 is 3. The highest BCUT2D eigenvalue weighted by molar-refractivity contribution is 6.09. The van der Waals surface area contributed by atoms with Crippen molar-refractivity contribution in [3.05, 3.63) is 47.5 Å². The molecule has 30 heavy (non-hydrogen) atoms. The molecule has 2 rings (SSSR count). The van der Waals surface area contributed by atoms with Crippen molar-refractivity contribution in [2.75, 3.05) is 33.3 Å². The fourth-order valence-corrected chi connectivity index (χ4v) is 2.65. The van der Waals surface area contributed by atoms with E-state index in [0.29, 0.717) is 40.9 Å². The Morgan fingerprint density at radius 3 is 2.30 bits per heavy atom. The number of ether oxygens (including phenoxy) is 4. The van der Waals surface area contributed by atoms with Crippen LogP contribution >= 0.6 is 0 Å². The molecular weight excluding hydrogens is 384 g/mol. The van der Waals surface area contributed by atoms with Gasteiger partial charge in [-0.3, -0.25) is 4.79 Å². The van der Waals surface area contributed by atoms with Crippen LogP contribution in [0, 0.1) is 11.3 Å². The van der Waals surface area contributed by atoms with Crippen molar-refractivity contribution in [1.82, 2.24) is 0 Å². The lowest BCUT2D eigenvalue weighted by atomic mass is 10.1. The molecule has 1 N–H and O–H groups in total. The first kappa shape index (κ1) is 22.6. The van der Waals surface area contributed by atoms with Gasteiger partial charge in [0.2, 0.25) is 0 Å². The van der Waals surface area contributed by atoms with Crippen LogP contribution in [0.3, 0.4) is 0 Å². The van der Waals surface area contributed by atoms with Crippen molar-refractivity contribution in [1.29, 1.82) is 5.26 Å². The topological polar surface area (TPSA) is 89.8 Å². The molecule has 0 aliphatic heterocycles. The highest BCUT2D eigenvalue weighted by Crippen LogP contribution is 2.31. The molecule has 0 unspecified atom stereocenters. The van der Waals surface area contributed by atoms with Crippen LogP contribution in [-0.4, -0.2) is 33.8 Å². The van der Waals surface area contributed by atoms with Crippen LogP contribution in [0.15, 0.2) is 42.0 Å². The standard InChI is InChI=1S/C23H26N2O5/c1-5-6-11-30-20-9-7-16(13-21(20)28-3)12-17(15-24)23(26)25-18-8-10-19(27-2)22(14-18)29-4/h7-10,12-14H,5-6,11H2,1-4H3,(H,25,26)/b17-12+. The van der Waals surface area contributed by atoms with Crippen LogP contribution in [0.5, 0.6) is 23.0 Å². The molecular formula is C23H26N2O5. The molecule has 0 fully saturated rings. The number of rotatable bonds is 10. The van der Waals surface area contributed by atoms with Crippen molar-refractivity contribution in [3.8, 4) is 29.1 Å². The van der Waals surface area contributed by atoms with Crippen LogP contribution < -0.4 is 24.3 Å². The van der Waals surface area contributed by atoms with E-state index in [4.69, 9.17) is 18.9 Å². The lowest BCUT2D eigenvalue weighted by Gasteiger charge is -2.11. The van der Waals surface area contributed by atoms with Crippen LogP contribution in [-0.2, 0) is 4.79 Å². The number of hydrogen-bond acceptors (Lipinski definition) is 6. The fraction of sp³-hybridized carbons (Fsp3) is 0.304. The minimum Gasteiger partial charge on any atom is -0.493 e. The largest absolute Gasteiger partial charge is 0.493 e. The van der Waals surface area contributed by atoms with Gasteiger partial charge in [-0.25, -0.2) is 0 Å². The van der Waals surface area contributed by atoms with Gasteiger partial charge in [0.1, 0.15) is 11.6 Å². The van der Waals surface area contributed by atoms with E-state index < -0.39 is 5.91 Å². The number of nitriles is 1. The third-order valence-electron chi connectivity index (χ3n) is 4.26. The molecule has 158 valence electrons. The Morgan fingerprint density at radius 2 is 1.67 bits per heavy atom. The number of amides is 1. The zero-order valence-electron chi connectivity index (χ0n) is 17.7. The first-order chi connectivity index (χ1) is 14.6. The van der Waals surface area contributed by atoms with Gasteiger partial charge in [0.15, 0.2) is 23.0 Å². The smallest absolute Gasteiger partial charge is 0.266 e. The van der Waals surface area contributed by atoms with Gasteiger partial charge in [0.25, 0.3) is 5.91 Å². The van der Waals surface area contributed by atoms with Gasteiger partial charge in [-0.2, -0.15) is 5.26 Å². The zero-order valence-corrected chi connectivity index (χ0v) is 17.7. The maximum Gasteiger partial charge on any atom is 0.266 e. The number of benzene rings is 2. The number of unbranched alkanes of at least 4 members (excludes halogenated alkanes) is 1. The van der Waals surface area contributed by atoms with E-state index in [1.165, 1.54) is 20.3 Å². The van der Waals surface area contributed by atoms with Gasteiger partial charge in [-0.05, 0) is 42.3 Å². The van der Waals surface area contributed by atoms with Crippen LogP contribution in [0.1, 0.15) is 25.3 Å². The summed E-state index contributed by atoms with van der Waals surface area (Å²) < 4.78 is 21.5. The van der Waals surface area contributed by atoms with E-state index in [2.05, 4.69) is 12.2 Å². The van der Waals surface area contributed by atoms with E-state index in [-0.39, 0.29) is 5.57 Å². The molecule has 0 aliphatic carbocycles. The van der Waals surface area contributed by atoms with Gasteiger partial charge in [-0.15, -0.1) is 0 Å². The zero-order chi connectivity index (χ0) is 21.9. The van der Waals surface area contributed by atoms with E-state index in [1.807, 2.05) is 6.07 Å². The summed E-state index contributed by atoms with van der Waals surface area (Å²) in [6, 6.07) is 12.2. The molecule has 0 spiro atoms. The Hall–Kier alpha value is -3.66. The van der Waals surface area contributed by atoms with Gasteiger partial charge in [0.05, 0.1) is 27.9 Å². The number of nitrogens with one attached hydrogen (secondary N) is 1. The summed E-state index contributed by atoms with van der Waals surface area (Å²) in [7, 11) is 4.58. The summed E-state index contributed by atoms with van der Waals surface area (Å²) in [6.07, 6.45) is 3.47. The maximum atomic E-state index is 12.6. The Labute approximate surface area is 176 Å². The average Bonchev–Trinajstić information content (AvgIpc) is 2.77. The number of carbonyl (C=O) groups excluding carboxylic acids is 1. The summed E-state index contributed by atoms with van der Waals surface area (Å²) in [5.74, 6) is 1.64. The molecule has 0 aliphatic rings. The summed E-state index contributed by atoms with van der Waals surface area (Å²) in [5, 5.41) is 12.2. The molecule has 0 heterocycles. The van der Waals surface area contributed by atoms with E-state index >= 15 is 0 Å². The van der Waals surface area contributed by atoms with Crippen molar-refractivity contribution >= 4 is 17.7 Å². The summed E-state index contributed by atoms with van der Waals surface area (Å²) >= 11 is 0. The van der Waals surface area contributed by atoms with Gasteiger partial charge in [-0.1, -0.05) is 19.4 Å². The van der Waals surface area contributed by atoms with Gasteiger partial charge < -0.3 is 24.3 Å². The molecule has 0 atom stereocenters. The van der Waals surface area contributed by atoms with Crippen LogP contribution in [0.4, 0.5) is 5.69 Å².